The van der Waals surface area contributed by atoms with Crippen LogP contribution in [0.1, 0.15) is 24.0 Å². The minimum absolute atomic E-state index is 0.191. The Labute approximate surface area is 131 Å². The molecule has 1 aromatic heterocycles. The lowest BCUT2D eigenvalue weighted by atomic mass is 10.2. The van der Waals surface area contributed by atoms with Gasteiger partial charge in [0.1, 0.15) is 16.9 Å². The number of furan rings is 1. The minimum Gasteiger partial charge on any atom is -0.463 e. The van der Waals surface area contributed by atoms with Crippen molar-refractivity contribution in [3.63, 3.8) is 0 Å². The van der Waals surface area contributed by atoms with E-state index in [4.69, 9.17) is 4.42 Å². The second-order valence-corrected chi connectivity index (χ2v) is 8.90. The lowest BCUT2D eigenvalue weighted by Crippen LogP contribution is -2.47. The Morgan fingerprint density at radius 2 is 2.29 bits per heavy atom. The fourth-order valence-corrected chi connectivity index (χ4v) is 5.60. The smallest absolute Gasteiger partial charge is 0.166 e. The topological polar surface area (TPSA) is 62.6 Å². The van der Waals surface area contributed by atoms with Crippen molar-refractivity contribution >= 4 is 21.6 Å². The number of aryl methyl sites for hydroxylation is 1. The largest absolute Gasteiger partial charge is 0.463 e. The fraction of sp³-hybridized carbons (Fsp3) is 0.714. The van der Waals surface area contributed by atoms with Crippen LogP contribution in [-0.2, 0) is 22.9 Å². The molecule has 1 aliphatic heterocycles. The number of hydrogen-bond acceptors (Lipinski definition) is 6. The molecule has 0 radical (unpaired) electrons. The summed E-state index contributed by atoms with van der Waals surface area (Å²) in [4.78, 5) is 2.04. The van der Waals surface area contributed by atoms with Crippen LogP contribution in [0.15, 0.2) is 10.5 Å². The van der Waals surface area contributed by atoms with Gasteiger partial charge in [-0.2, -0.15) is 11.8 Å². The van der Waals surface area contributed by atoms with Gasteiger partial charge >= 0.3 is 0 Å². The summed E-state index contributed by atoms with van der Waals surface area (Å²) in [6.45, 7) is 5.78. The van der Waals surface area contributed by atoms with Gasteiger partial charge in [0, 0.05) is 23.8 Å². The van der Waals surface area contributed by atoms with Crippen LogP contribution in [0.5, 0.6) is 0 Å². The van der Waals surface area contributed by atoms with Crippen molar-refractivity contribution in [2.75, 3.05) is 30.9 Å². The summed E-state index contributed by atoms with van der Waals surface area (Å²) in [7, 11) is -1.17. The first-order valence-electron chi connectivity index (χ1n) is 7.24. The van der Waals surface area contributed by atoms with E-state index < -0.39 is 9.84 Å². The maximum Gasteiger partial charge on any atom is 0.166 e. The van der Waals surface area contributed by atoms with Gasteiger partial charge in [-0.15, -0.1) is 0 Å². The molecular formula is C14H24N2O3S2. The van der Waals surface area contributed by atoms with Crippen LogP contribution >= 0.6 is 11.8 Å². The van der Waals surface area contributed by atoms with Gasteiger partial charge in [0.05, 0.1) is 13.1 Å². The average molecular weight is 332 g/mol. The zero-order valence-corrected chi connectivity index (χ0v) is 14.5. The van der Waals surface area contributed by atoms with Gasteiger partial charge in [0.15, 0.2) is 9.84 Å². The summed E-state index contributed by atoms with van der Waals surface area (Å²) in [5.41, 5.74) is 1.11. The molecule has 1 aromatic rings. The van der Waals surface area contributed by atoms with Gasteiger partial charge < -0.3 is 9.73 Å². The van der Waals surface area contributed by atoms with Crippen molar-refractivity contribution in [2.45, 2.75) is 32.3 Å². The molecule has 2 heterocycles. The molecule has 1 atom stereocenters. The monoisotopic (exact) mass is 332 g/mol. The molecule has 0 amide bonds. The van der Waals surface area contributed by atoms with E-state index in [0.29, 0.717) is 18.8 Å². The highest BCUT2D eigenvalue weighted by atomic mass is 32.2. The predicted octanol–water partition coefficient (Wildman–Crippen LogP) is 1.62. The SMILES string of the molecule is CCS(=O)(=O)C1CSCCN1Cc1cc(C)c(CNC)o1. The Kier molecular flexibility index (Phi) is 5.76. The van der Waals surface area contributed by atoms with Crippen molar-refractivity contribution in [3.8, 4) is 0 Å². The third kappa shape index (κ3) is 4.03. The highest BCUT2D eigenvalue weighted by molar-refractivity contribution is 8.01. The van der Waals surface area contributed by atoms with Crippen molar-refractivity contribution in [3.05, 3.63) is 23.2 Å². The van der Waals surface area contributed by atoms with Gasteiger partial charge in [-0.1, -0.05) is 6.92 Å². The van der Waals surface area contributed by atoms with Crippen LogP contribution in [-0.4, -0.2) is 49.5 Å². The molecule has 1 saturated heterocycles. The summed E-state index contributed by atoms with van der Waals surface area (Å²) in [6.07, 6.45) is 0. The second kappa shape index (κ2) is 7.17. The lowest BCUT2D eigenvalue weighted by molar-refractivity contribution is 0.237. The van der Waals surface area contributed by atoms with Crippen LogP contribution in [0.3, 0.4) is 0 Å². The third-order valence-corrected chi connectivity index (χ3v) is 7.11. The van der Waals surface area contributed by atoms with Crippen LogP contribution in [0.25, 0.3) is 0 Å². The van der Waals surface area contributed by atoms with Crippen molar-refractivity contribution in [1.29, 1.82) is 0 Å². The summed E-state index contributed by atoms with van der Waals surface area (Å²) >= 11 is 1.71. The van der Waals surface area contributed by atoms with Crippen LogP contribution in [0, 0.1) is 6.92 Å². The van der Waals surface area contributed by atoms with E-state index in [1.165, 1.54) is 0 Å². The number of rotatable bonds is 6. The Morgan fingerprint density at radius 1 is 1.52 bits per heavy atom. The number of sulfone groups is 1. The van der Waals surface area contributed by atoms with E-state index in [0.717, 1.165) is 29.4 Å². The molecule has 120 valence electrons. The first kappa shape index (κ1) is 16.9. The molecule has 1 unspecified atom stereocenters. The maximum absolute atomic E-state index is 12.2. The molecule has 5 nitrogen and oxygen atoms in total. The van der Waals surface area contributed by atoms with Gasteiger partial charge in [0.25, 0.3) is 0 Å². The van der Waals surface area contributed by atoms with Crippen molar-refractivity contribution in [2.24, 2.45) is 0 Å². The maximum atomic E-state index is 12.2. The number of thioether (sulfide) groups is 1. The highest BCUT2D eigenvalue weighted by Gasteiger charge is 2.33. The zero-order valence-electron chi connectivity index (χ0n) is 12.9. The van der Waals surface area contributed by atoms with Crippen molar-refractivity contribution in [1.82, 2.24) is 10.2 Å². The van der Waals surface area contributed by atoms with E-state index in [2.05, 4.69) is 5.32 Å². The molecule has 0 bridgehead atoms. The Morgan fingerprint density at radius 3 is 2.95 bits per heavy atom. The molecule has 0 aromatic carbocycles. The molecule has 21 heavy (non-hydrogen) atoms. The standard InChI is InChI=1S/C14H24N2O3S2/c1-4-21(17,18)14-10-20-6-5-16(14)9-12-7-11(2)13(19-12)8-15-3/h7,14-15H,4-6,8-10H2,1-3H3. The molecule has 7 heteroatoms. The minimum atomic E-state index is -3.05. The van der Waals surface area contributed by atoms with Gasteiger partial charge in [-0.25, -0.2) is 8.42 Å². The number of hydrogen-bond donors (Lipinski definition) is 1. The molecule has 1 N–H and O–H groups in total. The van der Waals surface area contributed by atoms with Crippen molar-refractivity contribution < 1.29 is 12.8 Å². The Balaban J connectivity index is 2.14. The molecule has 2 rings (SSSR count). The fourth-order valence-electron chi connectivity index (χ4n) is 2.52. The van der Waals surface area contributed by atoms with Crippen LogP contribution in [0.4, 0.5) is 0 Å². The average Bonchev–Trinajstić information content (AvgIpc) is 2.80. The van der Waals surface area contributed by atoms with Gasteiger partial charge in [-0.05, 0) is 25.6 Å². The number of nitrogens with zero attached hydrogens (tertiary/aromatic N) is 1. The molecule has 1 fully saturated rings. The normalized spacial score (nSPS) is 20.8. The predicted molar refractivity (Wildman–Crippen MR) is 87.2 cm³/mol. The Bertz CT molecular complexity index is 569. The Hall–Kier alpha value is -0.500. The number of nitrogens with one attached hydrogen (secondary N) is 1. The van der Waals surface area contributed by atoms with Crippen LogP contribution in [0.2, 0.25) is 0 Å². The molecular weight excluding hydrogens is 308 g/mol. The molecule has 0 saturated carbocycles. The quantitative estimate of drug-likeness (QED) is 0.854. The first-order valence-corrected chi connectivity index (χ1v) is 10.1. The summed E-state index contributed by atoms with van der Waals surface area (Å²) < 4.78 is 30.3. The van der Waals surface area contributed by atoms with E-state index in [9.17, 15) is 8.42 Å². The van der Waals surface area contributed by atoms with E-state index in [1.54, 1.807) is 18.7 Å². The summed E-state index contributed by atoms with van der Waals surface area (Å²) in [6, 6.07) is 2.02. The zero-order chi connectivity index (χ0) is 15.5. The second-order valence-electron chi connectivity index (χ2n) is 5.30. The third-order valence-electron chi connectivity index (χ3n) is 3.78. The molecule has 0 spiro atoms. The van der Waals surface area contributed by atoms with Gasteiger partial charge in [-0.3, -0.25) is 4.90 Å². The molecule has 1 aliphatic rings. The summed E-state index contributed by atoms with van der Waals surface area (Å²) in [5, 5.41) is 2.69. The highest BCUT2D eigenvalue weighted by Crippen LogP contribution is 2.25. The van der Waals surface area contributed by atoms with Crippen LogP contribution < -0.4 is 5.32 Å². The van der Waals surface area contributed by atoms with E-state index in [1.807, 2.05) is 24.9 Å². The van der Waals surface area contributed by atoms with E-state index >= 15 is 0 Å². The van der Waals surface area contributed by atoms with Gasteiger partial charge in [0.2, 0.25) is 0 Å². The summed E-state index contributed by atoms with van der Waals surface area (Å²) in [5.74, 6) is 3.59. The molecule has 0 aliphatic carbocycles. The lowest BCUT2D eigenvalue weighted by Gasteiger charge is -2.33. The first-order chi connectivity index (χ1) is 9.97. The van der Waals surface area contributed by atoms with E-state index in [-0.39, 0.29) is 11.1 Å².